The molecule has 0 aromatic carbocycles. The van der Waals surface area contributed by atoms with Crippen molar-refractivity contribution in [2.75, 3.05) is 6.54 Å². The van der Waals surface area contributed by atoms with Crippen molar-refractivity contribution in [3.63, 3.8) is 0 Å². The first-order valence-electron chi connectivity index (χ1n) is 6.91. The lowest BCUT2D eigenvalue weighted by Crippen LogP contribution is -2.40. The molecule has 0 aliphatic rings. The van der Waals surface area contributed by atoms with E-state index < -0.39 is 10.0 Å². The lowest BCUT2D eigenvalue weighted by atomic mass is 10.1. The van der Waals surface area contributed by atoms with Gasteiger partial charge in [-0.3, -0.25) is 9.48 Å². The molecular formula is C12H23N5O3S. The summed E-state index contributed by atoms with van der Waals surface area (Å²) in [5.41, 5.74) is 5.61. The zero-order valence-electron chi connectivity index (χ0n) is 12.2. The van der Waals surface area contributed by atoms with Gasteiger partial charge in [0.1, 0.15) is 4.90 Å². The minimum atomic E-state index is -3.75. The molecule has 1 rings (SSSR count). The Hall–Kier alpha value is -1.45. The van der Waals surface area contributed by atoms with Crippen molar-refractivity contribution in [3.8, 4) is 0 Å². The number of nitrogens with two attached hydrogens (primary N) is 2. The molecule has 120 valence electrons. The third-order valence-electron chi connectivity index (χ3n) is 3.06. The normalized spacial score (nSPS) is 13.1. The number of rotatable bonds is 9. The zero-order valence-corrected chi connectivity index (χ0v) is 13.0. The Morgan fingerprint density at radius 1 is 1.52 bits per heavy atom. The van der Waals surface area contributed by atoms with E-state index >= 15 is 0 Å². The van der Waals surface area contributed by atoms with Crippen LogP contribution in [0, 0.1) is 0 Å². The molecule has 1 aromatic heterocycles. The Morgan fingerprint density at radius 2 is 2.24 bits per heavy atom. The lowest BCUT2D eigenvalue weighted by molar-refractivity contribution is -0.122. The number of aryl methyl sites for hydroxylation is 1. The molecule has 21 heavy (non-hydrogen) atoms. The van der Waals surface area contributed by atoms with Crippen LogP contribution in [0.25, 0.3) is 0 Å². The van der Waals surface area contributed by atoms with Gasteiger partial charge >= 0.3 is 0 Å². The van der Waals surface area contributed by atoms with Crippen LogP contribution in [-0.2, 0) is 21.4 Å². The highest BCUT2D eigenvalue weighted by atomic mass is 32.2. The van der Waals surface area contributed by atoms with E-state index in [0.717, 1.165) is 25.5 Å². The minimum absolute atomic E-state index is 0.0185. The quantitative estimate of drug-likeness (QED) is 0.567. The third-order valence-corrected chi connectivity index (χ3v) is 3.93. The summed E-state index contributed by atoms with van der Waals surface area (Å²) in [4.78, 5) is 11.7. The van der Waals surface area contributed by atoms with Crippen LogP contribution in [0.5, 0.6) is 0 Å². The molecule has 0 saturated carbocycles. The number of carbonyl (C=O) groups excluding carboxylic acids is 1. The molecule has 9 heteroatoms. The van der Waals surface area contributed by atoms with Crippen molar-refractivity contribution in [1.29, 1.82) is 0 Å². The van der Waals surface area contributed by atoms with E-state index in [0.29, 0.717) is 6.54 Å². The Balaban J connectivity index is 2.44. The standard InChI is InChI=1S/C12H23N5O3S/c1-2-3-4-10(7-13)16-12(18)5-6-17-9-11(8-15-17)21(14,19)20/h8-10H,2-7,13H2,1H3,(H,16,18)(H2,14,19,20). The number of hydrogen-bond acceptors (Lipinski definition) is 5. The van der Waals surface area contributed by atoms with Gasteiger partial charge in [0.15, 0.2) is 0 Å². The van der Waals surface area contributed by atoms with E-state index in [1.54, 1.807) is 0 Å². The predicted octanol–water partition coefficient (Wildman–Crippen LogP) is -0.446. The number of aromatic nitrogens is 2. The maximum Gasteiger partial charge on any atom is 0.241 e. The van der Waals surface area contributed by atoms with Crippen molar-refractivity contribution in [2.24, 2.45) is 10.9 Å². The molecule has 8 nitrogen and oxygen atoms in total. The van der Waals surface area contributed by atoms with E-state index in [-0.39, 0.29) is 29.8 Å². The molecule has 1 aromatic rings. The molecule has 1 atom stereocenters. The maximum atomic E-state index is 11.8. The predicted molar refractivity (Wildman–Crippen MR) is 78.7 cm³/mol. The fourth-order valence-corrected chi connectivity index (χ4v) is 2.29. The molecular weight excluding hydrogens is 294 g/mol. The molecule has 1 heterocycles. The highest BCUT2D eigenvalue weighted by molar-refractivity contribution is 7.89. The summed E-state index contributed by atoms with van der Waals surface area (Å²) < 4.78 is 23.6. The number of amides is 1. The molecule has 0 bridgehead atoms. The van der Waals surface area contributed by atoms with Crippen molar-refractivity contribution >= 4 is 15.9 Å². The van der Waals surface area contributed by atoms with Crippen LogP contribution < -0.4 is 16.2 Å². The maximum absolute atomic E-state index is 11.8. The largest absolute Gasteiger partial charge is 0.352 e. The summed E-state index contributed by atoms with van der Waals surface area (Å²) in [5, 5.41) is 11.7. The van der Waals surface area contributed by atoms with Gasteiger partial charge in [0, 0.05) is 31.7 Å². The number of unbranched alkanes of at least 4 members (excludes halogenated alkanes) is 1. The van der Waals surface area contributed by atoms with Crippen molar-refractivity contribution in [1.82, 2.24) is 15.1 Å². The summed E-state index contributed by atoms with van der Waals surface area (Å²) >= 11 is 0. The molecule has 0 spiro atoms. The van der Waals surface area contributed by atoms with Gasteiger partial charge in [0.25, 0.3) is 0 Å². The van der Waals surface area contributed by atoms with Gasteiger partial charge in [0.05, 0.1) is 6.20 Å². The summed E-state index contributed by atoms with van der Waals surface area (Å²) in [6.45, 7) is 2.77. The topological polar surface area (TPSA) is 133 Å². The van der Waals surface area contributed by atoms with Crippen LogP contribution >= 0.6 is 0 Å². The van der Waals surface area contributed by atoms with Crippen LogP contribution in [0.15, 0.2) is 17.3 Å². The molecule has 0 aliphatic heterocycles. The Bertz CT molecular complexity index is 555. The van der Waals surface area contributed by atoms with E-state index in [1.165, 1.54) is 10.9 Å². The number of hydrogen-bond donors (Lipinski definition) is 3. The van der Waals surface area contributed by atoms with Crippen LogP contribution in [0.3, 0.4) is 0 Å². The molecule has 0 aliphatic carbocycles. The summed E-state index contributed by atoms with van der Waals surface area (Å²) in [7, 11) is -3.75. The van der Waals surface area contributed by atoms with Crippen LogP contribution in [0.4, 0.5) is 0 Å². The SMILES string of the molecule is CCCCC(CN)NC(=O)CCn1cc(S(N)(=O)=O)cn1. The van der Waals surface area contributed by atoms with Crippen molar-refractivity contribution < 1.29 is 13.2 Å². The smallest absolute Gasteiger partial charge is 0.241 e. The highest BCUT2D eigenvalue weighted by Gasteiger charge is 2.13. The lowest BCUT2D eigenvalue weighted by Gasteiger charge is -2.16. The number of sulfonamides is 1. The molecule has 0 saturated heterocycles. The Kier molecular flexibility index (Phi) is 6.79. The molecule has 0 radical (unpaired) electrons. The molecule has 0 fully saturated rings. The van der Waals surface area contributed by atoms with Gasteiger partial charge in [-0.2, -0.15) is 5.10 Å². The summed E-state index contributed by atoms with van der Waals surface area (Å²) in [6.07, 6.45) is 5.59. The fourth-order valence-electron chi connectivity index (χ4n) is 1.83. The zero-order chi connectivity index (χ0) is 15.9. The van der Waals surface area contributed by atoms with Gasteiger partial charge in [-0.25, -0.2) is 13.6 Å². The van der Waals surface area contributed by atoms with Crippen molar-refractivity contribution in [2.45, 2.75) is 50.1 Å². The van der Waals surface area contributed by atoms with Gasteiger partial charge < -0.3 is 11.1 Å². The first-order valence-corrected chi connectivity index (χ1v) is 8.46. The van der Waals surface area contributed by atoms with Gasteiger partial charge in [-0.1, -0.05) is 19.8 Å². The van der Waals surface area contributed by atoms with Crippen LogP contribution in [-0.4, -0.2) is 36.7 Å². The first-order chi connectivity index (χ1) is 9.86. The van der Waals surface area contributed by atoms with E-state index in [4.69, 9.17) is 10.9 Å². The fraction of sp³-hybridized carbons (Fsp3) is 0.667. The average Bonchev–Trinajstić information content (AvgIpc) is 2.90. The number of nitrogens with one attached hydrogen (secondary N) is 1. The van der Waals surface area contributed by atoms with Gasteiger partial charge in [0.2, 0.25) is 15.9 Å². The van der Waals surface area contributed by atoms with E-state index in [9.17, 15) is 13.2 Å². The van der Waals surface area contributed by atoms with Gasteiger partial charge in [-0.05, 0) is 6.42 Å². The summed E-state index contributed by atoms with van der Waals surface area (Å²) in [5.74, 6) is -0.130. The number of carbonyl (C=O) groups is 1. The van der Waals surface area contributed by atoms with E-state index in [2.05, 4.69) is 17.3 Å². The van der Waals surface area contributed by atoms with E-state index in [1.807, 2.05) is 0 Å². The molecule has 5 N–H and O–H groups in total. The van der Waals surface area contributed by atoms with Crippen LogP contribution in [0.1, 0.15) is 32.6 Å². The minimum Gasteiger partial charge on any atom is -0.352 e. The third kappa shape index (κ3) is 6.23. The molecule has 1 unspecified atom stereocenters. The second-order valence-corrected chi connectivity index (χ2v) is 6.44. The summed E-state index contributed by atoms with van der Waals surface area (Å²) in [6, 6.07) is -0.0185. The number of nitrogens with zero attached hydrogens (tertiary/aromatic N) is 2. The Morgan fingerprint density at radius 3 is 2.76 bits per heavy atom. The highest BCUT2D eigenvalue weighted by Crippen LogP contribution is 2.05. The first kappa shape index (κ1) is 17.6. The molecule has 1 amide bonds. The monoisotopic (exact) mass is 317 g/mol. The number of primary sulfonamides is 1. The van der Waals surface area contributed by atoms with Crippen LogP contribution in [0.2, 0.25) is 0 Å². The second-order valence-electron chi connectivity index (χ2n) is 4.88. The second kappa shape index (κ2) is 8.11. The van der Waals surface area contributed by atoms with Gasteiger partial charge in [-0.15, -0.1) is 0 Å². The average molecular weight is 317 g/mol. The Labute approximate surface area is 124 Å². The van der Waals surface area contributed by atoms with Crippen molar-refractivity contribution in [3.05, 3.63) is 12.4 Å².